The first kappa shape index (κ1) is 24.0. The Hall–Kier alpha value is -2.12. The van der Waals surface area contributed by atoms with Crippen LogP contribution in [0.15, 0.2) is 29.1 Å². The Morgan fingerprint density at radius 2 is 2.00 bits per heavy atom. The largest absolute Gasteiger partial charge is 0.392 e. The highest BCUT2D eigenvalue weighted by molar-refractivity contribution is 5.81. The van der Waals surface area contributed by atoms with E-state index in [-0.39, 0.29) is 10.8 Å². The molecule has 2 aliphatic carbocycles. The molecule has 4 N–H and O–H groups in total. The lowest BCUT2D eigenvalue weighted by Crippen LogP contribution is -2.48. The molecule has 7 heteroatoms. The third-order valence-electron chi connectivity index (χ3n) is 8.84. The Morgan fingerprint density at radius 3 is 2.73 bits per heavy atom. The summed E-state index contributed by atoms with van der Waals surface area (Å²) in [6.07, 6.45) is 7.28. The monoisotopic (exact) mass is 455 g/mol. The van der Waals surface area contributed by atoms with Crippen LogP contribution in [-0.4, -0.2) is 52.7 Å². The molecule has 1 aromatic rings. The number of aliphatic hydroxyl groups excluding tert-OH is 2. The average molecular weight is 456 g/mol. The van der Waals surface area contributed by atoms with E-state index in [0.717, 1.165) is 50.4 Å². The summed E-state index contributed by atoms with van der Waals surface area (Å²) in [5, 5.41) is 21.7. The van der Waals surface area contributed by atoms with Crippen molar-refractivity contribution in [2.24, 2.45) is 16.7 Å². The summed E-state index contributed by atoms with van der Waals surface area (Å²) in [5.74, 6) is 1.91. The van der Waals surface area contributed by atoms with Gasteiger partial charge >= 0.3 is 0 Å². The zero-order chi connectivity index (χ0) is 24.1. The van der Waals surface area contributed by atoms with Gasteiger partial charge in [-0.2, -0.15) is 0 Å². The lowest BCUT2D eigenvalue weighted by atomic mass is 9.54. The molecule has 0 aromatic carbocycles. The normalized spacial score (nSPS) is 31.6. The van der Waals surface area contributed by atoms with Crippen LogP contribution in [-0.2, 0) is 0 Å². The van der Waals surface area contributed by atoms with Crippen molar-refractivity contribution in [1.82, 2.24) is 9.97 Å². The van der Waals surface area contributed by atoms with Gasteiger partial charge in [-0.15, -0.1) is 0 Å². The van der Waals surface area contributed by atoms with Gasteiger partial charge in [0.1, 0.15) is 12.0 Å². The minimum Gasteiger partial charge on any atom is -0.392 e. The summed E-state index contributed by atoms with van der Waals surface area (Å²) in [6.45, 7) is 12.6. The summed E-state index contributed by atoms with van der Waals surface area (Å²) in [7, 11) is 2.02. The van der Waals surface area contributed by atoms with Gasteiger partial charge in [0.05, 0.1) is 18.9 Å². The Kier molecular flexibility index (Phi) is 6.25. The molecule has 33 heavy (non-hydrogen) atoms. The van der Waals surface area contributed by atoms with Gasteiger partial charge in [0.2, 0.25) is 0 Å². The van der Waals surface area contributed by atoms with Crippen LogP contribution in [0.25, 0.3) is 0 Å². The number of allylic oxidation sites excluding steroid dienone is 1. The molecule has 7 nitrogen and oxygen atoms in total. The van der Waals surface area contributed by atoms with Crippen molar-refractivity contribution in [2.45, 2.75) is 78.9 Å². The van der Waals surface area contributed by atoms with Crippen LogP contribution in [0.1, 0.15) is 66.7 Å². The van der Waals surface area contributed by atoms with Crippen LogP contribution in [0.4, 0.5) is 17.3 Å². The van der Waals surface area contributed by atoms with Crippen molar-refractivity contribution in [2.75, 3.05) is 35.8 Å². The van der Waals surface area contributed by atoms with Crippen molar-refractivity contribution in [1.29, 1.82) is 0 Å². The summed E-state index contributed by atoms with van der Waals surface area (Å²) >= 11 is 0. The molecule has 0 saturated carbocycles. The number of aromatic nitrogens is 2. The number of hydrogen-bond acceptors (Lipinski definition) is 7. The molecule has 0 bridgehead atoms. The van der Waals surface area contributed by atoms with Gasteiger partial charge < -0.3 is 25.7 Å². The fourth-order valence-corrected chi connectivity index (χ4v) is 6.21. The van der Waals surface area contributed by atoms with Crippen LogP contribution in [0.5, 0.6) is 0 Å². The van der Waals surface area contributed by atoms with Crippen molar-refractivity contribution in [3.05, 3.63) is 29.1 Å². The highest BCUT2D eigenvalue weighted by Gasteiger charge is 2.50. The molecule has 0 spiro atoms. The lowest BCUT2D eigenvalue weighted by molar-refractivity contribution is -0.00880. The van der Waals surface area contributed by atoms with Crippen LogP contribution < -0.4 is 15.5 Å². The highest BCUT2D eigenvalue weighted by Crippen LogP contribution is 2.57. The van der Waals surface area contributed by atoms with E-state index in [1.807, 2.05) is 7.05 Å². The van der Waals surface area contributed by atoms with E-state index in [9.17, 15) is 10.2 Å². The maximum atomic E-state index is 11.0. The summed E-state index contributed by atoms with van der Waals surface area (Å²) in [5.41, 5.74) is 10.6. The quantitative estimate of drug-likeness (QED) is 0.580. The van der Waals surface area contributed by atoms with Crippen molar-refractivity contribution in [3.8, 4) is 0 Å². The molecule has 182 valence electrons. The molecule has 4 unspecified atom stereocenters. The average Bonchev–Trinajstić information content (AvgIpc) is 3.08. The van der Waals surface area contributed by atoms with Gasteiger partial charge in [-0.25, -0.2) is 9.97 Å². The zero-order valence-corrected chi connectivity index (χ0v) is 21.1. The third-order valence-corrected chi connectivity index (χ3v) is 8.84. The third kappa shape index (κ3) is 4.03. The molecule has 4 atom stereocenters. The maximum absolute atomic E-state index is 11.0. The first-order valence-corrected chi connectivity index (χ1v) is 12.3. The zero-order valence-electron chi connectivity index (χ0n) is 21.1. The SMILES string of the molecule is CC(=CCN1CN(C)c2ncnc(N)c21)CCC1(C)C2=C(CCC1C)C(C)(C)C(O)CC2O. The molecule has 2 heterocycles. The van der Waals surface area contributed by atoms with E-state index >= 15 is 0 Å². The number of nitrogen functional groups attached to an aromatic ring is 1. The molecule has 0 saturated heterocycles. The molecule has 1 aromatic heterocycles. The number of nitrogens with zero attached hydrogens (tertiary/aromatic N) is 4. The highest BCUT2D eigenvalue weighted by atomic mass is 16.3. The van der Waals surface area contributed by atoms with Crippen LogP contribution in [0.3, 0.4) is 0 Å². The van der Waals surface area contributed by atoms with Crippen LogP contribution >= 0.6 is 0 Å². The van der Waals surface area contributed by atoms with Gasteiger partial charge in [-0.1, -0.05) is 44.9 Å². The summed E-state index contributed by atoms with van der Waals surface area (Å²) in [4.78, 5) is 12.9. The number of aliphatic hydroxyl groups is 2. The fraction of sp³-hybridized carbons (Fsp3) is 0.692. The van der Waals surface area contributed by atoms with E-state index in [0.29, 0.717) is 18.2 Å². The topological polar surface area (TPSA) is 98.7 Å². The van der Waals surface area contributed by atoms with E-state index in [4.69, 9.17) is 5.73 Å². The van der Waals surface area contributed by atoms with Crippen molar-refractivity contribution in [3.63, 3.8) is 0 Å². The minimum atomic E-state index is -0.542. The Balaban J connectivity index is 1.50. The van der Waals surface area contributed by atoms with Gasteiger partial charge in [-0.05, 0) is 49.5 Å². The second kappa shape index (κ2) is 8.58. The number of rotatable bonds is 5. The molecule has 4 rings (SSSR count). The van der Waals surface area contributed by atoms with E-state index in [1.54, 1.807) is 0 Å². The molecule has 0 radical (unpaired) electrons. The molecule has 1 aliphatic heterocycles. The Labute approximate surface area is 198 Å². The van der Waals surface area contributed by atoms with Gasteiger partial charge in [0, 0.05) is 25.4 Å². The van der Waals surface area contributed by atoms with E-state index in [2.05, 4.69) is 60.5 Å². The number of fused-ring (bicyclic) bond motifs is 1. The second-order valence-corrected chi connectivity index (χ2v) is 11.3. The number of anilines is 3. The fourth-order valence-electron chi connectivity index (χ4n) is 6.21. The molecular weight excluding hydrogens is 414 g/mol. The molecule has 3 aliphatic rings. The molecular formula is C26H41N5O2. The lowest BCUT2D eigenvalue weighted by Gasteiger charge is -2.53. The smallest absolute Gasteiger partial charge is 0.159 e. The van der Waals surface area contributed by atoms with Crippen LogP contribution in [0.2, 0.25) is 0 Å². The van der Waals surface area contributed by atoms with Gasteiger partial charge in [0.15, 0.2) is 11.6 Å². The van der Waals surface area contributed by atoms with Gasteiger partial charge in [-0.3, -0.25) is 0 Å². The molecule has 0 amide bonds. The number of nitrogens with two attached hydrogens (primary N) is 1. The van der Waals surface area contributed by atoms with E-state index < -0.39 is 12.2 Å². The molecule has 0 fully saturated rings. The Morgan fingerprint density at radius 1 is 1.27 bits per heavy atom. The minimum absolute atomic E-state index is 0.0573. The summed E-state index contributed by atoms with van der Waals surface area (Å²) in [6, 6.07) is 0. The predicted octanol–water partition coefficient (Wildman–Crippen LogP) is 3.88. The summed E-state index contributed by atoms with van der Waals surface area (Å²) < 4.78 is 0. The predicted molar refractivity (Wildman–Crippen MR) is 134 cm³/mol. The van der Waals surface area contributed by atoms with Crippen LogP contribution in [0, 0.1) is 16.7 Å². The second-order valence-electron chi connectivity index (χ2n) is 11.3. The standard InChI is InChI=1S/C26H41N5O2/c1-16(10-12-31-15-30(6)24-22(31)23(27)28-14-29-24)9-11-26(5)17(2)7-8-18-21(26)19(32)13-20(33)25(18,3)4/h10,14,17,19-20,32-33H,7-9,11-13,15H2,1-6H3,(H2,27,28,29). The first-order valence-electron chi connectivity index (χ1n) is 12.3. The Bertz CT molecular complexity index is 971. The number of hydrogen-bond donors (Lipinski definition) is 3. The van der Waals surface area contributed by atoms with E-state index in [1.165, 1.54) is 23.0 Å². The maximum Gasteiger partial charge on any atom is 0.159 e. The van der Waals surface area contributed by atoms with Gasteiger partial charge in [0.25, 0.3) is 0 Å². The first-order chi connectivity index (χ1) is 15.5. The van der Waals surface area contributed by atoms with Crippen molar-refractivity contribution >= 4 is 17.3 Å². The van der Waals surface area contributed by atoms with Crippen molar-refractivity contribution < 1.29 is 10.2 Å².